The Morgan fingerprint density at radius 1 is 1.02 bits per heavy atom. The van der Waals surface area contributed by atoms with Crippen LogP contribution in [0.1, 0.15) is 103 Å². The molecule has 7 rings (SSSR count). The molecule has 0 radical (unpaired) electrons. The molecule has 6 aliphatic rings. The van der Waals surface area contributed by atoms with Crippen molar-refractivity contribution in [1.29, 1.82) is 0 Å². The largest absolute Gasteiger partial charge is 0.506 e. The van der Waals surface area contributed by atoms with Crippen molar-refractivity contribution in [2.75, 3.05) is 7.11 Å². The lowest BCUT2D eigenvalue weighted by molar-refractivity contribution is -0.190. The number of ether oxygens (including phenoxy) is 4. The van der Waals surface area contributed by atoms with Gasteiger partial charge in [0.2, 0.25) is 5.78 Å². The number of aliphatic carboxylic acids is 1. The Hall–Kier alpha value is -3.95. The van der Waals surface area contributed by atoms with Gasteiger partial charge in [-0.15, -0.1) is 0 Å². The molecule has 0 aromatic heterocycles. The number of allylic oxidation sites excluding steroid dienone is 4. The van der Waals surface area contributed by atoms with Gasteiger partial charge in [0.15, 0.2) is 17.0 Å². The molecule has 1 aromatic carbocycles. The second-order valence-electron chi connectivity index (χ2n) is 15.2. The van der Waals surface area contributed by atoms with Crippen LogP contribution in [0, 0.1) is 5.92 Å². The van der Waals surface area contributed by atoms with E-state index in [9.17, 15) is 24.6 Å². The number of ketones is 2. The van der Waals surface area contributed by atoms with Crippen molar-refractivity contribution in [3.8, 4) is 17.2 Å². The monoisotopic (exact) mass is 658 g/mol. The van der Waals surface area contributed by atoms with Crippen LogP contribution in [0.15, 0.2) is 52.7 Å². The first-order valence-corrected chi connectivity index (χ1v) is 16.6. The van der Waals surface area contributed by atoms with E-state index < -0.39 is 51.5 Å². The summed E-state index contributed by atoms with van der Waals surface area (Å²) in [5.41, 5.74) is -3.15. The molecule has 1 saturated heterocycles. The van der Waals surface area contributed by atoms with Crippen molar-refractivity contribution in [3.05, 3.63) is 69.4 Å². The Balaban J connectivity index is 1.63. The zero-order chi connectivity index (χ0) is 35.2. The Kier molecular flexibility index (Phi) is 7.80. The number of Topliss-reactive ketones (excluding diaryl/α,β-unsaturated/α-hetero) is 2. The highest BCUT2D eigenvalue weighted by Gasteiger charge is 2.84. The third-order valence-corrected chi connectivity index (χ3v) is 10.9. The highest BCUT2D eigenvalue weighted by Crippen LogP contribution is 2.70. The van der Waals surface area contributed by atoms with Gasteiger partial charge in [-0.2, -0.15) is 0 Å². The zero-order valence-electron chi connectivity index (χ0n) is 29.3. The molecule has 2 N–H and O–H groups in total. The highest BCUT2D eigenvalue weighted by molar-refractivity contribution is 6.20. The maximum absolute atomic E-state index is 14.9. The van der Waals surface area contributed by atoms with Gasteiger partial charge in [0.05, 0.1) is 11.2 Å². The molecule has 3 heterocycles. The van der Waals surface area contributed by atoms with Gasteiger partial charge in [-0.25, -0.2) is 4.79 Å². The fraction of sp³-hybridized carbons (Fsp3) is 0.513. The van der Waals surface area contributed by atoms with Gasteiger partial charge in [0.25, 0.3) is 0 Å². The van der Waals surface area contributed by atoms with E-state index in [1.165, 1.54) is 25.7 Å². The van der Waals surface area contributed by atoms with E-state index in [-0.39, 0.29) is 41.1 Å². The molecule has 1 saturated carbocycles. The van der Waals surface area contributed by atoms with Crippen molar-refractivity contribution in [2.24, 2.45) is 5.92 Å². The molecule has 3 aliphatic heterocycles. The molecule has 0 amide bonds. The first kappa shape index (κ1) is 33.9. The van der Waals surface area contributed by atoms with E-state index >= 15 is 0 Å². The third-order valence-electron chi connectivity index (χ3n) is 10.9. The maximum Gasteiger partial charge on any atom is 0.330 e. The van der Waals surface area contributed by atoms with Gasteiger partial charge in [0.1, 0.15) is 34.0 Å². The van der Waals surface area contributed by atoms with Crippen LogP contribution in [0.2, 0.25) is 0 Å². The fourth-order valence-corrected chi connectivity index (χ4v) is 8.38. The van der Waals surface area contributed by atoms with Crippen molar-refractivity contribution < 1.29 is 43.5 Å². The molecule has 9 nitrogen and oxygen atoms in total. The fourth-order valence-electron chi connectivity index (χ4n) is 8.38. The number of phenolic OH excluding ortho intramolecular Hbond substituents is 1. The van der Waals surface area contributed by atoms with Gasteiger partial charge in [-0.1, -0.05) is 29.4 Å². The van der Waals surface area contributed by atoms with Crippen LogP contribution in [0.25, 0.3) is 6.08 Å². The minimum Gasteiger partial charge on any atom is -0.506 e. The van der Waals surface area contributed by atoms with E-state index in [0.29, 0.717) is 29.7 Å². The predicted molar refractivity (Wildman–Crippen MR) is 181 cm³/mol. The van der Waals surface area contributed by atoms with Crippen LogP contribution in [0.5, 0.6) is 17.2 Å². The van der Waals surface area contributed by atoms with E-state index in [2.05, 4.69) is 19.9 Å². The molecule has 2 fully saturated rings. The minimum absolute atomic E-state index is 0.0000390. The molecule has 4 bridgehead atoms. The molecule has 48 heavy (non-hydrogen) atoms. The number of benzene rings is 1. The Bertz CT molecular complexity index is 1800. The SMILES string of the molecule is CO[C@@]12C=C3C(=O)c4c(O)c5c(c(CC=C(C)C)c4O[C@@]34C(C1)C(C)(C)O[C@@]4(C/C=C(/C)C(=O)O)C2=O)O[C@](C)(CCC=C(C)C)C=C5. The number of methoxy groups -OCH3 is 1. The van der Waals surface area contributed by atoms with Crippen molar-refractivity contribution >= 4 is 23.6 Å². The summed E-state index contributed by atoms with van der Waals surface area (Å²) in [6.07, 6.45) is 12.8. The van der Waals surface area contributed by atoms with Gasteiger partial charge in [0, 0.05) is 36.2 Å². The number of aromatic hydroxyl groups is 1. The summed E-state index contributed by atoms with van der Waals surface area (Å²) in [4.78, 5) is 41.5. The summed E-state index contributed by atoms with van der Waals surface area (Å²) in [5, 5.41) is 21.6. The Labute approximate surface area is 282 Å². The van der Waals surface area contributed by atoms with E-state index in [1.807, 2.05) is 52.8 Å². The topological polar surface area (TPSA) is 129 Å². The summed E-state index contributed by atoms with van der Waals surface area (Å²) >= 11 is 0. The molecule has 1 unspecified atom stereocenters. The van der Waals surface area contributed by atoms with Gasteiger partial charge >= 0.3 is 5.97 Å². The smallest absolute Gasteiger partial charge is 0.330 e. The number of hydrogen-bond acceptors (Lipinski definition) is 8. The van der Waals surface area contributed by atoms with Crippen molar-refractivity contribution in [2.45, 2.75) is 115 Å². The number of hydrogen-bond donors (Lipinski definition) is 2. The van der Waals surface area contributed by atoms with Gasteiger partial charge < -0.3 is 29.2 Å². The van der Waals surface area contributed by atoms with E-state index in [0.717, 1.165) is 12.0 Å². The van der Waals surface area contributed by atoms with Crippen LogP contribution in [-0.2, 0) is 25.5 Å². The molecular weight excluding hydrogens is 612 g/mol. The minimum atomic E-state index is -1.79. The summed E-state index contributed by atoms with van der Waals surface area (Å²) in [7, 11) is 1.43. The lowest BCUT2D eigenvalue weighted by Gasteiger charge is -2.59. The predicted octanol–water partition coefficient (Wildman–Crippen LogP) is 7.01. The van der Waals surface area contributed by atoms with Crippen molar-refractivity contribution in [3.63, 3.8) is 0 Å². The second kappa shape index (κ2) is 11.0. The molecule has 9 heteroatoms. The zero-order valence-corrected chi connectivity index (χ0v) is 29.3. The third kappa shape index (κ3) is 4.60. The molecular formula is C39H46O9. The quantitative estimate of drug-likeness (QED) is 0.213. The molecule has 1 spiro atoms. The standard InChI is InChI=1S/C39H46O9/c1-21(2)11-10-16-36(8)17-15-24-29(40)28-30(41)26-19-37(45-9)20-27-35(6,7)48-38(34(37)44,18-14-23(5)33(42)43)39(26,27)47-32(28)25(31(24)46-36)13-12-22(3)4/h11-12,14-15,17,19,27,40H,10,13,16,18,20H2,1-9H3,(H,42,43)/b23-14-/t27?,36-,37+,38+,39-/m1/s1. The Morgan fingerprint density at radius 3 is 2.33 bits per heavy atom. The summed E-state index contributed by atoms with van der Waals surface area (Å²) < 4.78 is 26.6. The molecule has 1 aromatic rings. The van der Waals surface area contributed by atoms with Crippen LogP contribution in [0.4, 0.5) is 0 Å². The molecule has 256 valence electrons. The summed E-state index contributed by atoms with van der Waals surface area (Å²) in [6.45, 7) is 15.2. The number of rotatable bonds is 9. The van der Waals surface area contributed by atoms with Gasteiger partial charge in [-0.05, 0) is 99.3 Å². The average molecular weight is 659 g/mol. The van der Waals surface area contributed by atoms with Gasteiger partial charge in [-0.3, -0.25) is 9.59 Å². The number of carbonyl (C=O) groups excluding carboxylic acids is 2. The van der Waals surface area contributed by atoms with E-state index in [1.54, 1.807) is 6.08 Å². The van der Waals surface area contributed by atoms with E-state index in [4.69, 9.17) is 18.9 Å². The Morgan fingerprint density at radius 2 is 1.71 bits per heavy atom. The average Bonchev–Trinajstić information content (AvgIpc) is 3.16. The molecule has 5 atom stereocenters. The lowest BCUT2D eigenvalue weighted by atomic mass is 9.49. The van der Waals surface area contributed by atoms with Crippen LogP contribution >= 0.6 is 0 Å². The summed E-state index contributed by atoms with van der Waals surface area (Å²) in [6, 6.07) is 0. The number of fused-ring (bicyclic) bond motifs is 2. The van der Waals surface area contributed by atoms with Crippen LogP contribution in [-0.4, -0.2) is 62.9 Å². The van der Waals surface area contributed by atoms with Crippen LogP contribution < -0.4 is 9.47 Å². The number of carboxylic acid groups (broad SMARTS) is 1. The first-order chi connectivity index (χ1) is 22.4. The molecule has 3 aliphatic carbocycles. The van der Waals surface area contributed by atoms with Crippen LogP contribution in [0.3, 0.4) is 0 Å². The number of carboxylic acids is 1. The number of carbonyl (C=O) groups is 3. The second-order valence-corrected chi connectivity index (χ2v) is 15.2. The first-order valence-electron chi connectivity index (χ1n) is 16.6. The lowest BCUT2D eigenvalue weighted by Crippen LogP contribution is -2.77. The maximum atomic E-state index is 14.9. The van der Waals surface area contributed by atoms with Crippen molar-refractivity contribution in [1.82, 2.24) is 0 Å². The normalized spacial score (nSPS) is 32.0. The number of phenols is 1. The highest BCUT2D eigenvalue weighted by atomic mass is 16.6. The summed E-state index contributed by atoms with van der Waals surface area (Å²) in [5.74, 6) is -2.25.